The van der Waals surface area contributed by atoms with E-state index >= 15 is 0 Å². The first-order valence-corrected chi connectivity index (χ1v) is 15.3. The zero-order chi connectivity index (χ0) is 29.5. The van der Waals surface area contributed by atoms with Gasteiger partial charge in [0, 0.05) is 29.5 Å². The third kappa shape index (κ3) is 10.4. The first kappa shape index (κ1) is 33.7. The maximum Gasteiger partial charge on any atom is 0.405 e. The number of halogens is 1. The van der Waals surface area contributed by atoms with Crippen molar-refractivity contribution < 1.29 is 37.8 Å². The van der Waals surface area contributed by atoms with Gasteiger partial charge >= 0.3 is 19.4 Å². The number of aromatic amines is 1. The zero-order valence-electron chi connectivity index (χ0n) is 22.7. The average molecular weight is 614 g/mol. The van der Waals surface area contributed by atoms with E-state index in [4.69, 9.17) is 30.1 Å². The van der Waals surface area contributed by atoms with Crippen LogP contribution in [0.3, 0.4) is 0 Å². The summed E-state index contributed by atoms with van der Waals surface area (Å²) in [7, 11) is -4.11. The van der Waals surface area contributed by atoms with E-state index in [2.05, 4.69) is 10.1 Å². The number of carbonyl (C=O) groups excluding carboxylic acids is 2. The van der Waals surface area contributed by atoms with E-state index in [9.17, 15) is 28.8 Å². The van der Waals surface area contributed by atoms with E-state index in [1.165, 1.54) is 6.20 Å². The van der Waals surface area contributed by atoms with Gasteiger partial charge in [-0.05, 0) is 20.8 Å². The normalized spacial score (nSPS) is 23.9. The predicted octanol–water partition coefficient (Wildman–Crippen LogP) is 2.17. The fourth-order valence-electron chi connectivity index (χ4n) is 3.36. The maximum absolute atomic E-state index is 13.6. The number of alkyl halides is 1. The second-order valence-corrected chi connectivity index (χ2v) is 13.6. The number of hydrogen-bond donors (Lipinski definition) is 3. The Bertz CT molecular complexity index is 1150. The molecule has 222 valence electrons. The minimum Gasteiger partial charge on any atom is -0.463 e. The molecule has 6 atom stereocenters. The van der Waals surface area contributed by atoms with Crippen molar-refractivity contribution in [1.29, 1.82) is 0 Å². The van der Waals surface area contributed by atoms with Crippen molar-refractivity contribution in [3.05, 3.63) is 33.1 Å². The lowest BCUT2D eigenvalue weighted by molar-refractivity contribution is -0.147. The molecule has 1 aliphatic rings. The molecule has 0 aromatic carbocycles. The highest BCUT2D eigenvalue weighted by Crippen LogP contribution is 2.46. The molecular weight excluding hydrogens is 577 g/mol. The van der Waals surface area contributed by atoms with Crippen LogP contribution in [-0.4, -0.2) is 74.4 Å². The Morgan fingerprint density at radius 2 is 1.95 bits per heavy atom. The highest BCUT2D eigenvalue weighted by atomic mass is 35.5. The standard InChI is InChI=1S/C23H37ClN3O10PS/c1-13(2)36-17(29)11-14(3)26-38(33,34-9-10-39-21(31)23(4,5)6)35-12-15-19(30)18(24)20(37-15)27-8-7-16(28)25-22(27)32/h7-8,13-15,18-20,30H,9-12H2,1-6H3,(H,26,33)(H,25,28,32). The molecule has 2 heterocycles. The largest absolute Gasteiger partial charge is 0.463 e. The lowest BCUT2D eigenvalue weighted by Gasteiger charge is -2.25. The van der Waals surface area contributed by atoms with Crippen LogP contribution in [-0.2, 0) is 32.7 Å². The Morgan fingerprint density at radius 3 is 2.54 bits per heavy atom. The second-order valence-electron chi connectivity index (χ2n) is 10.3. The molecule has 1 aromatic heterocycles. The van der Waals surface area contributed by atoms with Gasteiger partial charge in [0.1, 0.15) is 17.6 Å². The van der Waals surface area contributed by atoms with Crippen LogP contribution in [0.2, 0.25) is 0 Å². The van der Waals surface area contributed by atoms with E-state index in [0.717, 1.165) is 22.4 Å². The van der Waals surface area contributed by atoms with E-state index in [1.807, 2.05) is 0 Å². The fourth-order valence-corrected chi connectivity index (χ4v) is 6.14. The smallest absolute Gasteiger partial charge is 0.405 e. The Kier molecular flexibility index (Phi) is 12.4. The van der Waals surface area contributed by atoms with Crippen molar-refractivity contribution in [2.24, 2.45) is 5.41 Å². The lowest BCUT2D eigenvalue weighted by atomic mass is 10.00. The number of nitrogens with one attached hydrogen (secondary N) is 2. The monoisotopic (exact) mass is 613 g/mol. The minimum atomic E-state index is -4.11. The molecule has 13 nitrogen and oxygen atoms in total. The maximum atomic E-state index is 13.6. The zero-order valence-corrected chi connectivity index (χ0v) is 25.2. The second kappa shape index (κ2) is 14.4. The number of ether oxygens (including phenoxy) is 2. The van der Waals surface area contributed by atoms with E-state index in [-0.39, 0.29) is 30.0 Å². The summed E-state index contributed by atoms with van der Waals surface area (Å²) in [6.45, 7) is 9.76. The molecule has 1 aromatic rings. The SMILES string of the molecule is CC(CC(=O)OC(C)C)NP(=O)(OCCSC(=O)C(C)(C)C)OCC1OC(n2ccc(=O)[nH]c2=O)C(Cl)C1O. The van der Waals surface area contributed by atoms with Crippen LogP contribution in [0.25, 0.3) is 0 Å². The van der Waals surface area contributed by atoms with Crippen LogP contribution in [0.1, 0.15) is 54.2 Å². The number of H-pyrrole nitrogens is 1. The first-order chi connectivity index (χ1) is 18.0. The number of thioether (sulfide) groups is 1. The molecule has 0 bridgehead atoms. The summed E-state index contributed by atoms with van der Waals surface area (Å²) < 4.78 is 36.5. The third-order valence-electron chi connectivity index (χ3n) is 5.24. The summed E-state index contributed by atoms with van der Waals surface area (Å²) in [5.41, 5.74) is -1.96. The number of nitrogens with zero attached hydrogens (tertiary/aromatic N) is 1. The predicted molar refractivity (Wildman–Crippen MR) is 146 cm³/mol. The molecule has 0 radical (unpaired) electrons. The molecule has 1 saturated heterocycles. The average Bonchev–Trinajstić information content (AvgIpc) is 3.07. The van der Waals surface area contributed by atoms with Crippen LogP contribution in [0.4, 0.5) is 0 Å². The van der Waals surface area contributed by atoms with Gasteiger partial charge in [-0.2, -0.15) is 0 Å². The van der Waals surface area contributed by atoms with E-state index < -0.39 is 66.8 Å². The van der Waals surface area contributed by atoms with Crippen molar-refractivity contribution in [3.8, 4) is 0 Å². The van der Waals surface area contributed by atoms with Gasteiger partial charge in [-0.3, -0.25) is 33.0 Å². The van der Waals surface area contributed by atoms with Crippen molar-refractivity contribution >= 4 is 42.2 Å². The van der Waals surface area contributed by atoms with E-state index in [1.54, 1.807) is 41.5 Å². The van der Waals surface area contributed by atoms with Crippen LogP contribution in [0.5, 0.6) is 0 Å². The molecular formula is C23H37ClN3O10PS. The van der Waals surface area contributed by atoms with Gasteiger partial charge in [0.2, 0.25) is 0 Å². The van der Waals surface area contributed by atoms with Gasteiger partial charge in [0.25, 0.3) is 5.56 Å². The molecule has 39 heavy (non-hydrogen) atoms. The quantitative estimate of drug-likeness (QED) is 0.128. The van der Waals surface area contributed by atoms with Crippen LogP contribution in [0.15, 0.2) is 21.9 Å². The first-order valence-electron chi connectivity index (χ1n) is 12.3. The summed E-state index contributed by atoms with van der Waals surface area (Å²) >= 11 is 7.31. The van der Waals surface area contributed by atoms with Gasteiger partial charge in [-0.25, -0.2) is 14.4 Å². The molecule has 1 fully saturated rings. The summed E-state index contributed by atoms with van der Waals surface area (Å²) in [5, 5.41) is 12.1. The van der Waals surface area contributed by atoms with Crippen molar-refractivity contribution in [2.45, 2.75) is 83.9 Å². The fraction of sp³-hybridized carbons (Fsp3) is 0.739. The van der Waals surface area contributed by atoms with E-state index in [0.29, 0.717) is 0 Å². The summed E-state index contributed by atoms with van der Waals surface area (Å²) in [6, 6.07) is 0.415. The van der Waals surface area contributed by atoms with Gasteiger partial charge in [-0.1, -0.05) is 32.5 Å². The van der Waals surface area contributed by atoms with Gasteiger partial charge < -0.3 is 14.6 Å². The topological polar surface area (TPSA) is 175 Å². The van der Waals surface area contributed by atoms with Crippen LogP contribution in [0, 0.1) is 5.41 Å². The highest BCUT2D eigenvalue weighted by Gasteiger charge is 2.45. The van der Waals surface area contributed by atoms with Gasteiger partial charge in [-0.15, -0.1) is 11.6 Å². The molecule has 3 N–H and O–H groups in total. The number of aliphatic hydroxyl groups is 1. The number of esters is 1. The highest BCUT2D eigenvalue weighted by molar-refractivity contribution is 8.13. The molecule has 0 aliphatic carbocycles. The number of hydrogen-bond acceptors (Lipinski definition) is 11. The molecule has 6 unspecified atom stereocenters. The molecule has 0 amide bonds. The molecule has 1 aliphatic heterocycles. The van der Waals surface area contributed by atoms with Crippen molar-refractivity contribution in [1.82, 2.24) is 14.6 Å². The number of rotatable bonds is 13. The minimum absolute atomic E-state index is 0.0706. The Morgan fingerprint density at radius 1 is 1.28 bits per heavy atom. The summed E-state index contributed by atoms with van der Waals surface area (Å²) in [4.78, 5) is 49.8. The van der Waals surface area contributed by atoms with Gasteiger partial charge in [0.15, 0.2) is 11.3 Å². The Labute approximate surface area is 235 Å². The molecule has 0 saturated carbocycles. The van der Waals surface area contributed by atoms with Crippen LogP contribution >= 0.6 is 31.1 Å². The molecule has 16 heteroatoms. The lowest BCUT2D eigenvalue weighted by Crippen LogP contribution is -2.35. The van der Waals surface area contributed by atoms with Gasteiger partial charge in [0.05, 0.1) is 25.7 Å². The van der Waals surface area contributed by atoms with Crippen molar-refractivity contribution in [3.63, 3.8) is 0 Å². The summed E-state index contributed by atoms with van der Waals surface area (Å²) in [6.07, 6.45) is -2.86. The van der Waals surface area contributed by atoms with Crippen LogP contribution < -0.4 is 16.3 Å². The molecule has 0 spiro atoms. The molecule has 2 rings (SSSR count). The number of aliphatic hydroxyl groups excluding tert-OH is 1. The Hall–Kier alpha value is -1.51. The third-order valence-corrected chi connectivity index (χ3v) is 8.72. The number of carbonyl (C=O) groups is 2. The summed E-state index contributed by atoms with van der Waals surface area (Å²) in [5.74, 6) is -0.324. The number of aromatic nitrogens is 2. The Balaban J connectivity index is 2.09. The van der Waals surface area contributed by atoms with Crippen molar-refractivity contribution in [2.75, 3.05) is 19.0 Å².